The lowest BCUT2D eigenvalue weighted by Crippen LogP contribution is -2.29. The first-order chi connectivity index (χ1) is 5.22. The minimum atomic E-state index is 0.708. The predicted molar refractivity (Wildman–Crippen MR) is 48.1 cm³/mol. The minimum Gasteiger partial charge on any atom is -0.303 e. The van der Waals surface area contributed by atoms with E-state index in [4.69, 9.17) is 5.84 Å². The fourth-order valence-electron chi connectivity index (χ4n) is 0.341. The van der Waals surface area contributed by atoms with Crippen LogP contribution in [0.1, 0.15) is 33.6 Å². The minimum absolute atomic E-state index is 0.708. The number of rotatable bonds is 4. The Morgan fingerprint density at radius 2 is 1.73 bits per heavy atom. The maximum Gasteiger partial charge on any atom is 0.119 e. The molecule has 3 heteroatoms. The number of hydrogen-bond donors (Lipinski definition) is 1. The highest BCUT2D eigenvalue weighted by Gasteiger charge is 1.82. The Labute approximate surface area is 69.5 Å². The van der Waals surface area contributed by atoms with E-state index < -0.39 is 0 Å². The molecule has 0 saturated carbocycles. The van der Waals surface area contributed by atoms with Crippen LogP contribution in [0.3, 0.4) is 0 Å². The van der Waals surface area contributed by atoms with Crippen LogP contribution in [-0.2, 0) is 4.79 Å². The fraction of sp³-hybridized carbons (Fsp3) is 0.875. The Morgan fingerprint density at radius 3 is 1.73 bits per heavy atom. The monoisotopic (exact) mass is 160 g/mol. The number of unbranched alkanes of at least 4 members (excludes halogenated alkanes) is 1. The molecule has 0 rings (SSSR count). The van der Waals surface area contributed by atoms with Crippen molar-refractivity contribution in [3.05, 3.63) is 0 Å². The molecule has 0 aliphatic carbocycles. The van der Waals surface area contributed by atoms with Gasteiger partial charge in [0.2, 0.25) is 0 Å². The van der Waals surface area contributed by atoms with Crippen LogP contribution in [0.15, 0.2) is 0 Å². The summed E-state index contributed by atoms with van der Waals surface area (Å²) >= 11 is 0. The van der Waals surface area contributed by atoms with Crippen molar-refractivity contribution in [1.82, 2.24) is 5.01 Å². The van der Waals surface area contributed by atoms with E-state index >= 15 is 0 Å². The first-order valence-electron chi connectivity index (χ1n) is 4.16. The first kappa shape index (κ1) is 13.2. The van der Waals surface area contributed by atoms with Crippen LogP contribution in [0.2, 0.25) is 0 Å². The summed E-state index contributed by atoms with van der Waals surface area (Å²) in [5, 5.41) is 1.75. The number of nitrogens with zero attached hydrogens (tertiary/aromatic N) is 1. The average Bonchev–Trinajstić information content (AvgIpc) is 2.06. The largest absolute Gasteiger partial charge is 0.303 e. The van der Waals surface area contributed by atoms with Gasteiger partial charge in [-0.05, 0) is 6.42 Å². The third kappa shape index (κ3) is 17.7. The summed E-state index contributed by atoms with van der Waals surface area (Å²) in [6.45, 7) is 7.93. The van der Waals surface area contributed by atoms with Gasteiger partial charge in [-0.15, -0.1) is 0 Å². The van der Waals surface area contributed by atoms with E-state index in [1.807, 2.05) is 20.8 Å². The van der Waals surface area contributed by atoms with Crippen molar-refractivity contribution in [3.8, 4) is 0 Å². The zero-order valence-electron chi connectivity index (χ0n) is 7.84. The lowest BCUT2D eigenvalue weighted by atomic mass is 10.4. The van der Waals surface area contributed by atoms with E-state index in [1.54, 1.807) is 5.01 Å². The van der Waals surface area contributed by atoms with Gasteiger partial charge in [0.25, 0.3) is 0 Å². The molecule has 68 valence electrons. The van der Waals surface area contributed by atoms with Crippen LogP contribution < -0.4 is 5.84 Å². The van der Waals surface area contributed by atoms with Crippen LogP contribution in [0, 0.1) is 0 Å². The lowest BCUT2D eigenvalue weighted by molar-refractivity contribution is -0.107. The van der Waals surface area contributed by atoms with Crippen LogP contribution in [0.5, 0.6) is 0 Å². The van der Waals surface area contributed by atoms with Gasteiger partial charge in [-0.25, -0.2) is 5.01 Å². The summed E-state index contributed by atoms with van der Waals surface area (Å²) in [5.41, 5.74) is 0. The van der Waals surface area contributed by atoms with Crippen LogP contribution in [-0.4, -0.2) is 24.4 Å². The van der Waals surface area contributed by atoms with Crippen molar-refractivity contribution >= 4 is 6.29 Å². The molecular weight excluding hydrogens is 140 g/mol. The van der Waals surface area contributed by atoms with Crippen molar-refractivity contribution < 1.29 is 4.79 Å². The number of carbonyl (C=O) groups excluding carboxylic acids is 1. The zero-order valence-corrected chi connectivity index (χ0v) is 7.84. The number of carbonyl (C=O) groups is 1. The van der Waals surface area contributed by atoms with Gasteiger partial charge < -0.3 is 4.79 Å². The Kier molecular flexibility index (Phi) is 14.7. The maximum atomic E-state index is 9.40. The Hall–Kier alpha value is -0.410. The molecule has 0 aromatic heterocycles. The molecule has 0 aliphatic heterocycles. The normalized spacial score (nSPS) is 8.82. The molecule has 0 aromatic carbocycles. The topological polar surface area (TPSA) is 46.3 Å². The molecule has 0 aliphatic rings. The highest BCUT2D eigenvalue weighted by atomic mass is 16.1. The second-order valence-corrected chi connectivity index (χ2v) is 2.18. The molecule has 0 bridgehead atoms. The first-order valence-corrected chi connectivity index (χ1v) is 4.16. The average molecular weight is 160 g/mol. The Bertz CT molecular complexity index is 72.5. The van der Waals surface area contributed by atoms with E-state index in [2.05, 4.69) is 0 Å². The lowest BCUT2D eigenvalue weighted by Gasteiger charge is -2.07. The van der Waals surface area contributed by atoms with Gasteiger partial charge in [-0.2, -0.15) is 0 Å². The summed E-state index contributed by atoms with van der Waals surface area (Å²) in [7, 11) is 0. The van der Waals surface area contributed by atoms with E-state index in [0.717, 1.165) is 25.8 Å². The van der Waals surface area contributed by atoms with Crippen LogP contribution in [0.4, 0.5) is 0 Å². The van der Waals surface area contributed by atoms with E-state index in [-0.39, 0.29) is 0 Å². The predicted octanol–water partition coefficient (Wildman–Crippen LogP) is 1.19. The molecule has 0 spiro atoms. The number of hydrazine groups is 1. The summed E-state index contributed by atoms with van der Waals surface area (Å²) in [6.07, 6.45) is 2.61. The van der Waals surface area contributed by atoms with E-state index in [0.29, 0.717) is 6.42 Å². The maximum absolute atomic E-state index is 9.40. The van der Waals surface area contributed by atoms with Crippen molar-refractivity contribution in [2.45, 2.75) is 33.6 Å². The third-order valence-corrected chi connectivity index (χ3v) is 1.22. The molecule has 0 amide bonds. The van der Waals surface area contributed by atoms with Crippen LogP contribution in [0.25, 0.3) is 0 Å². The molecule has 0 heterocycles. The molecule has 11 heavy (non-hydrogen) atoms. The molecule has 3 nitrogen and oxygen atoms in total. The molecule has 0 aromatic rings. The van der Waals surface area contributed by atoms with Crippen molar-refractivity contribution in [3.63, 3.8) is 0 Å². The van der Waals surface area contributed by atoms with Gasteiger partial charge in [0, 0.05) is 19.5 Å². The van der Waals surface area contributed by atoms with Crippen molar-refractivity contribution in [2.24, 2.45) is 5.84 Å². The van der Waals surface area contributed by atoms with Gasteiger partial charge in [-0.1, -0.05) is 20.8 Å². The summed E-state index contributed by atoms with van der Waals surface area (Å²) in [4.78, 5) is 9.40. The summed E-state index contributed by atoms with van der Waals surface area (Å²) in [5.74, 6) is 5.31. The number of aldehydes is 1. The molecule has 0 fully saturated rings. The standard InChI is InChI=1S/C4H12N2.C4H8O/c1-3-6(5)4-2;1-2-3-4-5/h3-5H2,1-2H3;4H,2-3H2,1H3. The smallest absolute Gasteiger partial charge is 0.119 e. The molecule has 0 saturated heterocycles. The highest BCUT2D eigenvalue weighted by Crippen LogP contribution is 1.74. The van der Waals surface area contributed by atoms with Crippen molar-refractivity contribution in [2.75, 3.05) is 13.1 Å². The summed E-state index contributed by atoms with van der Waals surface area (Å²) < 4.78 is 0. The van der Waals surface area contributed by atoms with Gasteiger partial charge in [0.1, 0.15) is 6.29 Å². The van der Waals surface area contributed by atoms with E-state index in [1.165, 1.54) is 0 Å². The van der Waals surface area contributed by atoms with Gasteiger partial charge in [-0.3, -0.25) is 5.84 Å². The molecule has 0 radical (unpaired) electrons. The molecule has 2 N–H and O–H groups in total. The summed E-state index contributed by atoms with van der Waals surface area (Å²) in [6, 6.07) is 0. The molecule has 0 unspecified atom stereocenters. The number of hydrogen-bond acceptors (Lipinski definition) is 3. The van der Waals surface area contributed by atoms with Gasteiger partial charge in [0.05, 0.1) is 0 Å². The van der Waals surface area contributed by atoms with Crippen molar-refractivity contribution in [1.29, 1.82) is 0 Å². The number of nitrogens with two attached hydrogens (primary N) is 1. The van der Waals surface area contributed by atoms with Crippen LogP contribution >= 0.6 is 0 Å². The fourth-order valence-corrected chi connectivity index (χ4v) is 0.341. The highest BCUT2D eigenvalue weighted by molar-refractivity contribution is 5.48. The van der Waals surface area contributed by atoms with Gasteiger partial charge >= 0.3 is 0 Å². The van der Waals surface area contributed by atoms with E-state index in [9.17, 15) is 4.79 Å². The zero-order chi connectivity index (χ0) is 9.11. The van der Waals surface area contributed by atoms with Gasteiger partial charge in [0.15, 0.2) is 0 Å². The second kappa shape index (κ2) is 12.3. The third-order valence-electron chi connectivity index (χ3n) is 1.22. The molecule has 0 atom stereocenters. The SMILES string of the molecule is CCCC=O.CCN(N)CC. The quantitative estimate of drug-likeness (QED) is 0.382. The second-order valence-electron chi connectivity index (χ2n) is 2.18. The Balaban J connectivity index is 0. The Morgan fingerprint density at radius 1 is 1.27 bits per heavy atom. The molecular formula is C8H20N2O.